The van der Waals surface area contributed by atoms with Crippen molar-refractivity contribution in [2.75, 3.05) is 13.1 Å². The second-order valence-electron chi connectivity index (χ2n) is 7.91. The molecule has 3 aliphatic heterocycles. The van der Waals surface area contributed by atoms with Gasteiger partial charge in [-0.1, -0.05) is 0 Å². The first-order valence-electron chi connectivity index (χ1n) is 9.95. The molecule has 0 amide bonds. The number of rotatable bonds is 4. The highest BCUT2D eigenvalue weighted by molar-refractivity contribution is 14.1. The largest absolute Gasteiger partial charge is 0.390 e. The van der Waals surface area contributed by atoms with E-state index in [4.69, 9.17) is 23.7 Å². The molecule has 0 saturated carbocycles. The Balaban J connectivity index is 1.53. The van der Waals surface area contributed by atoms with Gasteiger partial charge in [0.2, 0.25) is 0 Å². The Bertz CT molecular complexity index is 478. The lowest BCUT2D eigenvalue weighted by atomic mass is 10.0. The van der Waals surface area contributed by atoms with Crippen LogP contribution in [0, 0.1) is 0 Å². The zero-order chi connectivity index (χ0) is 20.4. The number of nitrogens with zero attached hydrogens (tertiary/aromatic N) is 1. The van der Waals surface area contributed by atoms with Crippen molar-refractivity contribution in [1.29, 1.82) is 0 Å². The minimum Gasteiger partial charge on any atom is -0.390 e. The van der Waals surface area contributed by atoms with Crippen LogP contribution in [-0.4, -0.2) is 93.1 Å². The first kappa shape index (κ1) is 23.0. The van der Waals surface area contributed by atoms with E-state index in [1.54, 1.807) is 6.92 Å². The summed E-state index contributed by atoms with van der Waals surface area (Å²) in [5.74, 6) is 0. The van der Waals surface area contributed by atoms with Gasteiger partial charge in [0.1, 0.15) is 12.2 Å². The lowest BCUT2D eigenvalue weighted by Gasteiger charge is -2.43. The SMILES string of the molecule is CC1CN(I)CCC(O[C@@H]2[C@H](C)O[C@@H](O[C@@H]3[C@H](C)O[C@@H](O)C[C@@H]3O)C[C@@H]2O)O1. The molecule has 3 aliphatic rings. The van der Waals surface area contributed by atoms with Crippen molar-refractivity contribution < 1.29 is 39.0 Å². The van der Waals surface area contributed by atoms with Crippen LogP contribution in [0.2, 0.25) is 0 Å². The smallest absolute Gasteiger partial charge is 0.161 e. The van der Waals surface area contributed by atoms with E-state index in [9.17, 15) is 15.3 Å². The maximum atomic E-state index is 10.6. The molecule has 0 aliphatic carbocycles. The Morgan fingerprint density at radius 1 is 0.857 bits per heavy atom. The van der Waals surface area contributed by atoms with Crippen LogP contribution in [0.4, 0.5) is 0 Å². The van der Waals surface area contributed by atoms with Crippen molar-refractivity contribution in [2.24, 2.45) is 0 Å². The summed E-state index contributed by atoms with van der Waals surface area (Å²) < 4.78 is 31.3. The van der Waals surface area contributed by atoms with E-state index in [-0.39, 0.29) is 18.9 Å². The molecule has 3 N–H and O–H groups in total. The fraction of sp³-hybridized carbons (Fsp3) is 1.00. The van der Waals surface area contributed by atoms with Crippen LogP contribution < -0.4 is 0 Å². The molecule has 3 fully saturated rings. The van der Waals surface area contributed by atoms with Crippen LogP contribution in [0.25, 0.3) is 0 Å². The van der Waals surface area contributed by atoms with Crippen LogP contribution >= 0.6 is 22.9 Å². The Labute approximate surface area is 179 Å². The molecule has 0 aromatic rings. The molecule has 9 nitrogen and oxygen atoms in total. The van der Waals surface area contributed by atoms with Crippen molar-refractivity contribution in [3.05, 3.63) is 0 Å². The Hall–Kier alpha value is 0.370. The normalized spacial score (nSPS) is 49.0. The quantitative estimate of drug-likeness (QED) is 0.364. The van der Waals surface area contributed by atoms with E-state index in [2.05, 4.69) is 26.0 Å². The summed E-state index contributed by atoms with van der Waals surface area (Å²) in [7, 11) is 0. The minimum atomic E-state index is -1.00. The van der Waals surface area contributed by atoms with Crippen LogP contribution in [0.15, 0.2) is 0 Å². The molecule has 10 heteroatoms. The molecule has 0 spiro atoms. The molecule has 2 unspecified atom stereocenters. The number of halogens is 1. The highest BCUT2D eigenvalue weighted by Crippen LogP contribution is 2.30. The molecular weight excluding hydrogens is 485 g/mol. The summed E-state index contributed by atoms with van der Waals surface area (Å²) >= 11 is 2.28. The number of ether oxygens (including phenoxy) is 5. The third kappa shape index (κ3) is 5.96. The first-order chi connectivity index (χ1) is 13.2. The van der Waals surface area contributed by atoms with Crippen molar-refractivity contribution in [3.63, 3.8) is 0 Å². The van der Waals surface area contributed by atoms with Gasteiger partial charge in [0.05, 0.1) is 30.5 Å². The number of aliphatic hydroxyl groups is 3. The molecule has 0 radical (unpaired) electrons. The summed E-state index contributed by atoms with van der Waals surface area (Å²) in [5.41, 5.74) is 0. The topological polar surface area (TPSA) is 110 Å². The van der Waals surface area contributed by atoms with Crippen LogP contribution in [0.1, 0.15) is 40.0 Å². The lowest BCUT2D eigenvalue weighted by Crippen LogP contribution is -2.54. The molecule has 3 rings (SSSR count). The third-order valence-corrected chi connectivity index (χ3v) is 6.24. The highest BCUT2D eigenvalue weighted by atomic mass is 127. The van der Waals surface area contributed by atoms with Gasteiger partial charge < -0.3 is 39.0 Å². The fourth-order valence-corrected chi connectivity index (χ4v) is 4.81. The fourth-order valence-electron chi connectivity index (χ4n) is 3.98. The van der Waals surface area contributed by atoms with Gasteiger partial charge in [0, 0.05) is 55.2 Å². The summed E-state index contributed by atoms with van der Waals surface area (Å²) in [6.07, 6.45) is -4.72. The number of hydrogen-bond donors (Lipinski definition) is 3. The van der Waals surface area contributed by atoms with Gasteiger partial charge >= 0.3 is 0 Å². The number of hydrogen-bond acceptors (Lipinski definition) is 9. The van der Waals surface area contributed by atoms with E-state index in [0.29, 0.717) is 6.42 Å². The zero-order valence-corrected chi connectivity index (χ0v) is 18.7. The molecular formula is C18H32INO8. The van der Waals surface area contributed by atoms with Gasteiger partial charge in [-0.15, -0.1) is 0 Å². The third-order valence-electron chi connectivity index (χ3n) is 5.36. The zero-order valence-electron chi connectivity index (χ0n) is 16.5. The highest BCUT2D eigenvalue weighted by Gasteiger charge is 2.43. The van der Waals surface area contributed by atoms with Gasteiger partial charge in [0.15, 0.2) is 18.9 Å². The lowest BCUT2D eigenvalue weighted by molar-refractivity contribution is -0.322. The van der Waals surface area contributed by atoms with Crippen LogP contribution in [0.5, 0.6) is 0 Å². The molecule has 3 saturated heterocycles. The number of aliphatic hydroxyl groups excluding tert-OH is 3. The summed E-state index contributed by atoms with van der Waals surface area (Å²) in [6.45, 7) is 7.24. The van der Waals surface area contributed by atoms with Gasteiger partial charge in [0.25, 0.3) is 0 Å². The standard InChI is InChI=1S/C18H32INO8/c1-9-8-20(19)5-4-15(24-9)27-18-11(3)26-16(7-13(18)22)28-17-10(2)25-14(23)6-12(17)21/h9-18,21-23H,4-8H2,1-3H3/t9?,10-,11-,12-,13-,14+,15?,16-,17+,18+/m0/s1. The van der Waals surface area contributed by atoms with E-state index in [1.165, 1.54) is 0 Å². The van der Waals surface area contributed by atoms with E-state index < -0.39 is 55.5 Å². The molecule has 0 bridgehead atoms. The monoisotopic (exact) mass is 517 g/mol. The van der Waals surface area contributed by atoms with E-state index >= 15 is 0 Å². The summed E-state index contributed by atoms with van der Waals surface area (Å²) in [5, 5.41) is 30.4. The maximum absolute atomic E-state index is 10.6. The first-order valence-corrected chi connectivity index (χ1v) is 10.9. The van der Waals surface area contributed by atoms with Crippen molar-refractivity contribution >= 4 is 22.9 Å². The van der Waals surface area contributed by atoms with Crippen molar-refractivity contribution in [1.82, 2.24) is 3.11 Å². The van der Waals surface area contributed by atoms with Crippen LogP contribution in [-0.2, 0) is 23.7 Å². The molecule has 0 aromatic heterocycles. The average Bonchev–Trinajstić information content (AvgIpc) is 2.74. The van der Waals surface area contributed by atoms with Gasteiger partial charge in [-0.05, 0) is 20.8 Å². The summed E-state index contributed by atoms with van der Waals surface area (Å²) in [6, 6.07) is 0. The van der Waals surface area contributed by atoms with Gasteiger partial charge in [-0.25, -0.2) is 3.11 Å². The second-order valence-corrected chi connectivity index (χ2v) is 9.27. The Morgan fingerprint density at radius 2 is 1.46 bits per heavy atom. The molecule has 3 heterocycles. The van der Waals surface area contributed by atoms with E-state index in [0.717, 1.165) is 13.1 Å². The molecule has 0 aromatic carbocycles. The van der Waals surface area contributed by atoms with Crippen molar-refractivity contribution in [2.45, 2.75) is 102 Å². The Kier molecular flexibility index (Phi) is 8.33. The predicted octanol–water partition coefficient (Wildman–Crippen LogP) is 0.528. The maximum Gasteiger partial charge on any atom is 0.161 e. The molecule has 164 valence electrons. The van der Waals surface area contributed by atoms with Gasteiger partial charge in [-0.2, -0.15) is 0 Å². The second kappa shape index (κ2) is 10.1. The van der Waals surface area contributed by atoms with Crippen LogP contribution in [0.3, 0.4) is 0 Å². The predicted molar refractivity (Wildman–Crippen MR) is 106 cm³/mol. The van der Waals surface area contributed by atoms with Crippen molar-refractivity contribution in [3.8, 4) is 0 Å². The van der Waals surface area contributed by atoms with E-state index in [1.807, 2.05) is 13.8 Å². The Morgan fingerprint density at radius 3 is 2.11 bits per heavy atom. The molecule has 28 heavy (non-hydrogen) atoms. The molecule has 10 atom stereocenters. The average molecular weight is 517 g/mol. The minimum absolute atomic E-state index is 0.0436. The van der Waals surface area contributed by atoms with Gasteiger partial charge in [-0.3, -0.25) is 0 Å². The summed E-state index contributed by atoms with van der Waals surface area (Å²) in [4.78, 5) is 0.